The molecule has 142 valence electrons. The van der Waals surface area contributed by atoms with Crippen LogP contribution in [0.5, 0.6) is 5.88 Å². The molecule has 0 saturated heterocycles. The van der Waals surface area contributed by atoms with Gasteiger partial charge in [0, 0.05) is 25.1 Å². The number of fused-ring (bicyclic) bond motifs is 1. The Morgan fingerprint density at radius 1 is 1.21 bits per heavy atom. The van der Waals surface area contributed by atoms with E-state index in [0.29, 0.717) is 35.2 Å². The van der Waals surface area contributed by atoms with E-state index in [1.807, 2.05) is 6.07 Å². The molecular formula is C19H17FN6O2. The van der Waals surface area contributed by atoms with Gasteiger partial charge < -0.3 is 15.2 Å². The van der Waals surface area contributed by atoms with Crippen LogP contribution in [0.2, 0.25) is 0 Å². The van der Waals surface area contributed by atoms with E-state index < -0.39 is 5.82 Å². The summed E-state index contributed by atoms with van der Waals surface area (Å²) in [7, 11) is 1.53. The van der Waals surface area contributed by atoms with Crippen molar-refractivity contribution >= 4 is 17.0 Å². The molecule has 0 atom stereocenters. The highest BCUT2D eigenvalue weighted by atomic mass is 19.1. The first-order valence-electron chi connectivity index (χ1n) is 8.56. The smallest absolute Gasteiger partial charge is 0.213 e. The van der Waals surface area contributed by atoms with Crippen LogP contribution in [0.15, 0.2) is 48.9 Å². The number of hydrogen-bond donors (Lipinski definition) is 2. The Morgan fingerprint density at radius 3 is 2.89 bits per heavy atom. The number of aliphatic hydroxyl groups excluding tert-OH is 1. The van der Waals surface area contributed by atoms with Crippen LogP contribution >= 0.6 is 0 Å². The number of aliphatic hydroxyl groups is 1. The summed E-state index contributed by atoms with van der Waals surface area (Å²) in [5.74, 6) is 0.669. The van der Waals surface area contributed by atoms with E-state index in [-0.39, 0.29) is 12.3 Å². The van der Waals surface area contributed by atoms with E-state index in [1.165, 1.54) is 19.4 Å². The van der Waals surface area contributed by atoms with Crippen LogP contribution in [-0.4, -0.2) is 43.4 Å². The van der Waals surface area contributed by atoms with Crippen LogP contribution in [0.4, 0.5) is 15.9 Å². The lowest BCUT2D eigenvalue weighted by molar-refractivity contribution is 0.300. The van der Waals surface area contributed by atoms with E-state index in [1.54, 1.807) is 28.9 Å². The predicted molar refractivity (Wildman–Crippen MR) is 101 cm³/mol. The first-order chi connectivity index (χ1) is 13.7. The molecule has 4 aromatic heterocycles. The molecule has 9 heteroatoms. The van der Waals surface area contributed by atoms with Gasteiger partial charge in [0.05, 0.1) is 19.0 Å². The Kier molecular flexibility index (Phi) is 4.81. The predicted octanol–water partition coefficient (Wildman–Crippen LogP) is 2.61. The van der Waals surface area contributed by atoms with E-state index in [0.717, 1.165) is 11.8 Å². The largest absolute Gasteiger partial charge is 0.481 e. The third-order valence-electron chi connectivity index (χ3n) is 4.16. The topological polar surface area (TPSA) is 97.5 Å². The summed E-state index contributed by atoms with van der Waals surface area (Å²) in [6, 6.07) is 8.64. The fourth-order valence-electron chi connectivity index (χ4n) is 2.86. The Hall–Kier alpha value is -3.59. The molecule has 0 unspecified atom stereocenters. The number of methoxy groups -OCH3 is 1. The minimum Gasteiger partial charge on any atom is -0.481 e. The molecule has 0 radical (unpaired) electrons. The van der Waals surface area contributed by atoms with E-state index >= 15 is 0 Å². The molecule has 0 spiro atoms. The normalized spacial score (nSPS) is 11.0. The molecular weight excluding hydrogens is 363 g/mol. The maximum Gasteiger partial charge on any atom is 0.213 e. The third kappa shape index (κ3) is 3.35. The monoisotopic (exact) mass is 380 g/mol. The molecule has 0 bridgehead atoms. The summed E-state index contributed by atoms with van der Waals surface area (Å²) in [6.07, 6.45) is 4.79. The summed E-state index contributed by atoms with van der Waals surface area (Å²) in [5.41, 5.74) is 2.23. The van der Waals surface area contributed by atoms with Crippen LogP contribution in [-0.2, 0) is 6.42 Å². The molecule has 0 aliphatic carbocycles. The highest BCUT2D eigenvalue weighted by Crippen LogP contribution is 2.27. The van der Waals surface area contributed by atoms with Gasteiger partial charge in [0.25, 0.3) is 0 Å². The lowest BCUT2D eigenvalue weighted by Gasteiger charge is -2.11. The third-order valence-corrected chi connectivity index (χ3v) is 4.16. The fourth-order valence-corrected chi connectivity index (χ4v) is 2.86. The van der Waals surface area contributed by atoms with Crippen molar-refractivity contribution in [1.82, 2.24) is 24.6 Å². The Balaban J connectivity index is 1.88. The number of nitrogens with one attached hydrogen (secondary N) is 1. The van der Waals surface area contributed by atoms with Gasteiger partial charge in [0.15, 0.2) is 11.6 Å². The molecule has 4 aromatic rings. The molecule has 8 nitrogen and oxygen atoms in total. The standard InChI is InChI=1S/C19H17FN6O2/c1-28-16-4-2-3-15(22-16)18-24-19(23-14-5-8-21-11-13(14)20)17-12(7-10-27)6-9-26(17)25-18/h2-6,8-9,11,27H,7,10H2,1H3,(H,21,23,24,25). The van der Waals surface area contributed by atoms with Crippen molar-refractivity contribution in [2.75, 3.05) is 19.0 Å². The molecule has 0 aromatic carbocycles. The number of anilines is 2. The van der Waals surface area contributed by atoms with Gasteiger partial charge in [0.2, 0.25) is 11.7 Å². The highest BCUT2D eigenvalue weighted by Gasteiger charge is 2.16. The van der Waals surface area contributed by atoms with Crippen LogP contribution in [0.25, 0.3) is 17.0 Å². The number of halogens is 1. The van der Waals surface area contributed by atoms with Gasteiger partial charge in [-0.05, 0) is 30.2 Å². The molecule has 4 rings (SSSR count). The molecule has 0 saturated carbocycles. The zero-order valence-electron chi connectivity index (χ0n) is 15.0. The summed E-state index contributed by atoms with van der Waals surface area (Å²) >= 11 is 0. The van der Waals surface area contributed by atoms with Crippen molar-refractivity contribution in [2.24, 2.45) is 0 Å². The van der Waals surface area contributed by atoms with E-state index in [2.05, 4.69) is 25.4 Å². The number of nitrogens with zero attached hydrogens (tertiary/aromatic N) is 5. The first-order valence-corrected chi connectivity index (χ1v) is 8.56. The van der Waals surface area contributed by atoms with Crippen LogP contribution in [0.3, 0.4) is 0 Å². The zero-order valence-corrected chi connectivity index (χ0v) is 15.0. The fraction of sp³-hybridized carbons (Fsp3) is 0.158. The summed E-state index contributed by atoms with van der Waals surface area (Å²) in [4.78, 5) is 12.7. The number of rotatable bonds is 6. The van der Waals surface area contributed by atoms with Gasteiger partial charge >= 0.3 is 0 Å². The van der Waals surface area contributed by atoms with Crippen molar-refractivity contribution in [3.63, 3.8) is 0 Å². The number of hydrogen-bond acceptors (Lipinski definition) is 7. The zero-order chi connectivity index (χ0) is 19.5. The number of aromatic nitrogens is 5. The maximum atomic E-state index is 14.1. The van der Waals surface area contributed by atoms with Crippen molar-refractivity contribution in [3.05, 3.63) is 60.3 Å². The summed E-state index contributed by atoms with van der Waals surface area (Å²) in [5, 5.41) is 16.9. The van der Waals surface area contributed by atoms with Gasteiger partial charge in [-0.25, -0.2) is 18.9 Å². The van der Waals surface area contributed by atoms with Gasteiger partial charge in [-0.1, -0.05) is 6.07 Å². The minimum absolute atomic E-state index is 0.0259. The Bertz CT molecular complexity index is 1130. The molecule has 4 heterocycles. The highest BCUT2D eigenvalue weighted by molar-refractivity contribution is 5.78. The summed E-state index contributed by atoms with van der Waals surface area (Å²) < 4.78 is 20.9. The second-order valence-electron chi connectivity index (χ2n) is 5.94. The molecule has 0 aliphatic rings. The second kappa shape index (κ2) is 7.57. The van der Waals surface area contributed by atoms with Gasteiger partial charge in [-0.3, -0.25) is 4.98 Å². The maximum absolute atomic E-state index is 14.1. The Morgan fingerprint density at radius 2 is 2.11 bits per heavy atom. The molecule has 2 N–H and O–H groups in total. The lowest BCUT2D eigenvalue weighted by atomic mass is 10.2. The first kappa shape index (κ1) is 17.8. The van der Waals surface area contributed by atoms with E-state index in [9.17, 15) is 9.50 Å². The molecule has 0 amide bonds. The van der Waals surface area contributed by atoms with Crippen LogP contribution in [0, 0.1) is 5.82 Å². The minimum atomic E-state index is -0.504. The average molecular weight is 380 g/mol. The van der Waals surface area contributed by atoms with Gasteiger partial charge in [0.1, 0.15) is 11.2 Å². The van der Waals surface area contributed by atoms with Crippen molar-refractivity contribution in [2.45, 2.75) is 6.42 Å². The molecule has 0 aliphatic heterocycles. The number of pyridine rings is 2. The van der Waals surface area contributed by atoms with Crippen LogP contribution in [0.1, 0.15) is 5.56 Å². The van der Waals surface area contributed by atoms with Crippen molar-refractivity contribution < 1.29 is 14.2 Å². The quantitative estimate of drug-likeness (QED) is 0.531. The average Bonchev–Trinajstić information content (AvgIpc) is 3.13. The molecule has 28 heavy (non-hydrogen) atoms. The molecule has 0 fully saturated rings. The van der Waals surface area contributed by atoms with Crippen LogP contribution < -0.4 is 10.1 Å². The van der Waals surface area contributed by atoms with Gasteiger partial charge in [-0.15, -0.1) is 5.10 Å². The van der Waals surface area contributed by atoms with E-state index in [4.69, 9.17) is 4.74 Å². The van der Waals surface area contributed by atoms with Gasteiger partial charge in [-0.2, -0.15) is 0 Å². The SMILES string of the molecule is COc1cccc(-c2nc(Nc3ccncc3F)c3c(CCO)ccn3n2)n1. The lowest BCUT2D eigenvalue weighted by Crippen LogP contribution is -2.06. The van der Waals surface area contributed by atoms with Crippen molar-refractivity contribution in [3.8, 4) is 17.4 Å². The Labute approximate surface area is 159 Å². The van der Waals surface area contributed by atoms with Crippen molar-refractivity contribution in [1.29, 1.82) is 0 Å². The second-order valence-corrected chi connectivity index (χ2v) is 5.94. The number of ether oxygens (including phenoxy) is 1. The summed E-state index contributed by atoms with van der Waals surface area (Å²) in [6.45, 7) is -0.0259.